The first-order valence-corrected chi connectivity index (χ1v) is 8.53. The Morgan fingerprint density at radius 2 is 2.09 bits per heavy atom. The first kappa shape index (κ1) is 14.2. The van der Waals surface area contributed by atoms with Crippen molar-refractivity contribution in [2.75, 3.05) is 6.54 Å². The number of hydrogen-bond acceptors (Lipinski definition) is 3. The minimum Gasteiger partial charge on any atom is -0.327 e. The summed E-state index contributed by atoms with van der Waals surface area (Å²) >= 11 is 1.78. The highest BCUT2D eigenvalue weighted by Gasteiger charge is 2.33. The summed E-state index contributed by atoms with van der Waals surface area (Å²) in [6.45, 7) is 0.737. The number of rotatable bonds is 2. The molecule has 0 spiro atoms. The molecule has 1 amide bonds. The molecule has 1 unspecified atom stereocenters. The number of aromatic nitrogens is 2. The lowest BCUT2D eigenvalue weighted by atomic mass is 9.93. The second-order valence-corrected chi connectivity index (χ2v) is 6.76. The minimum atomic E-state index is -0.0149. The summed E-state index contributed by atoms with van der Waals surface area (Å²) in [7, 11) is 1.83. The van der Waals surface area contributed by atoms with Crippen LogP contribution in [0.1, 0.15) is 32.4 Å². The number of aryl methyl sites for hydroxylation is 1. The maximum atomic E-state index is 13.0. The Morgan fingerprint density at radius 1 is 1.26 bits per heavy atom. The van der Waals surface area contributed by atoms with E-state index in [1.807, 2.05) is 30.1 Å². The third-order valence-corrected chi connectivity index (χ3v) is 5.29. The van der Waals surface area contributed by atoms with Crippen molar-refractivity contribution < 1.29 is 4.79 Å². The summed E-state index contributed by atoms with van der Waals surface area (Å²) in [5.41, 5.74) is 3.06. The van der Waals surface area contributed by atoms with Crippen LogP contribution >= 0.6 is 11.3 Å². The SMILES string of the molecule is Cn1cc(C(=O)N2CCc3sccc3C2c2ccccc2)cn1. The normalized spacial score (nSPS) is 17.1. The number of nitrogens with zero attached hydrogens (tertiary/aromatic N) is 3. The Balaban J connectivity index is 1.78. The van der Waals surface area contributed by atoms with Crippen molar-refractivity contribution in [3.05, 3.63) is 75.7 Å². The van der Waals surface area contributed by atoms with E-state index in [1.54, 1.807) is 28.4 Å². The van der Waals surface area contributed by atoms with Gasteiger partial charge in [0.25, 0.3) is 5.91 Å². The molecule has 23 heavy (non-hydrogen) atoms. The van der Waals surface area contributed by atoms with E-state index in [1.165, 1.54) is 10.4 Å². The molecule has 1 aliphatic rings. The Hall–Kier alpha value is -2.40. The van der Waals surface area contributed by atoms with Crippen LogP contribution in [-0.4, -0.2) is 27.1 Å². The third-order valence-electron chi connectivity index (χ3n) is 4.29. The lowest BCUT2D eigenvalue weighted by Crippen LogP contribution is -2.40. The molecule has 0 aliphatic carbocycles. The highest BCUT2D eigenvalue weighted by atomic mass is 32.1. The lowest BCUT2D eigenvalue weighted by Gasteiger charge is -2.36. The second-order valence-electron chi connectivity index (χ2n) is 5.76. The van der Waals surface area contributed by atoms with Gasteiger partial charge in [-0.15, -0.1) is 11.3 Å². The largest absolute Gasteiger partial charge is 0.327 e. The summed E-state index contributed by atoms with van der Waals surface area (Å²) in [5, 5.41) is 6.26. The molecule has 1 aromatic carbocycles. The van der Waals surface area contributed by atoms with Gasteiger partial charge in [-0.2, -0.15) is 5.10 Å². The van der Waals surface area contributed by atoms with Gasteiger partial charge in [0.05, 0.1) is 17.8 Å². The molecule has 4 rings (SSSR count). The predicted molar refractivity (Wildman–Crippen MR) is 90.6 cm³/mol. The summed E-state index contributed by atoms with van der Waals surface area (Å²) in [4.78, 5) is 16.4. The van der Waals surface area contributed by atoms with E-state index in [0.29, 0.717) is 5.56 Å². The van der Waals surface area contributed by atoms with Gasteiger partial charge >= 0.3 is 0 Å². The molecule has 0 bridgehead atoms. The molecule has 116 valence electrons. The van der Waals surface area contributed by atoms with E-state index in [9.17, 15) is 4.79 Å². The molecule has 3 aromatic rings. The van der Waals surface area contributed by atoms with Crippen LogP contribution in [0.15, 0.2) is 54.2 Å². The molecule has 0 saturated heterocycles. The zero-order valence-electron chi connectivity index (χ0n) is 12.8. The van der Waals surface area contributed by atoms with Gasteiger partial charge in [0, 0.05) is 24.7 Å². The Bertz CT molecular complexity index is 837. The molecular weight excluding hydrogens is 306 g/mol. The molecule has 0 saturated carbocycles. The predicted octanol–water partition coefficient (Wildman–Crippen LogP) is 3.27. The van der Waals surface area contributed by atoms with E-state index in [2.05, 4.69) is 28.7 Å². The molecule has 4 nitrogen and oxygen atoms in total. The third kappa shape index (κ3) is 2.47. The molecule has 2 aromatic heterocycles. The zero-order chi connectivity index (χ0) is 15.8. The number of benzene rings is 1. The summed E-state index contributed by atoms with van der Waals surface area (Å²) in [6.07, 6.45) is 4.35. The second kappa shape index (κ2) is 5.66. The van der Waals surface area contributed by atoms with Crippen LogP contribution in [0.2, 0.25) is 0 Å². The van der Waals surface area contributed by atoms with Gasteiger partial charge in [-0.3, -0.25) is 9.48 Å². The van der Waals surface area contributed by atoms with E-state index in [0.717, 1.165) is 18.5 Å². The number of thiophene rings is 1. The molecule has 0 fully saturated rings. The Morgan fingerprint density at radius 3 is 2.83 bits per heavy atom. The fourth-order valence-electron chi connectivity index (χ4n) is 3.23. The van der Waals surface area contributed by atoms with E-state index < -0.39 is 0 Å². The van der Waals surface area contributed by atoms with Gasteiger partial charge in [-0.05, 0) is 29.0 Å². The summed E-state index contributed by atoms with van der Waals surface area (Å²) in [6, 6.07) is 12.4. The average molecular weight is 323 g/mol. The zero-order valence-corrected chi connectivity index (χ0v) is 13.7. The maximum Gasteiger partial charge on any atom is 0.257 e. The van der Waals surface area contributed by atoms with Crippen molar-refractivity contribution in [3.63, 3.8) is 0 Å². The highest BCUT2D eigenvalue weighted by molar-refractivity contribution is 7.10. The van der Waals surface area contributed by atoms with Crippen LogP contribution in [0.25, 0.3) is 0 Å². The first-order chi connectivity index (χ1) is 11.2. The number of fused-ring (bicyclic) bond motifs is 1. The van der Waals surface area contributed by atoms with Crippen molar-refractivity contribution in [2.24, 2.45) is 7.05 Å². The first-order valence-electron chi connectivity index (χ1n) is 7.65. The van der Waals surface area contributed by atoms with Crippen molar-refractivity contribution in [1.82, 2.24) is 14.7 Å². The molecule has 0 N–H and O–H groups in total. The van der Waals surface area contributed by atoms with E-state index in [4.69, 9.17) is 0 Å². The van der Waals surface area contributed by atoms with Crippen LogP contribution in [0, 0.1) is 0 Å². The fourth-order valence-corrected chi connectivity index (χ4v) is 4.13. The van der Waals surface area contributed by atoms with Crippen molar-refractivity contribution in [3.8, 4) is 0 Å². The number of carbonyl (C=O) groups excluding carboxylic acids is 1. The smallest absolute Gasteiger partial charge is 0.257 e. The van der Waals surface area contributed by atoms with Gasteiger partial charge in [0.15, 0.2) is 0 Å². The van der Waals surface area contributed by atoms with Crippen molar-refractivity contribution in [2.45, 2.75) is 12.5 Å². The fraction of sp³-hybridized carbons (Fsp3) is 0.222. The van der Waals surface area contributed by atoms with Crippen LogP contribution in [0.4, 0.5) is 0 Å². The monoisotopic (exact) mass is 323 g/mol. The Kier molecular flexibility index (Phi) is 3.50. The van der Waals surface area contributed by atoms with E-state index >= 15 is 0 Å². The van der Waals surface area contributed by atoms with Gasteiger partial charge in [0.2, 0.25) is 0 Å². The molecule has 1 atom stereocenters. The summed E-state index contributed by atoms with van der Waals surface area (Å²) < 4.78 is 1.67. The van der Waals surface area contributed by atoms with Gasteiger partial charge in [-0.25, -0.2) is 0 Å². The van der Waals surface area contributed by atoms with Crippen molar-refractivity contribution >= 4 is 17.2 Å². The number of carbonyl (C=O) groups is 1. The van der Waals surface area contributed by atoms with Crippen LogP contribution in [0.5, 0.6) is 0 Å². The molecule has 5 heteroatoms. The van der Waals surface area contributed by atoms with Gasteiger partial charge < -0.3 is 4.90 Å². The van der Waals surface area contributed by atoms with Gasteiger partial charge in [-0.1, -0.05) is 30.3 Å². The van der Waals surface area contributed by atoms with E-state index in [-0.39, 0.29) is 11.9 Å². The molecule has 0 radical (unpaired) electrons. The average Bonchev–Trinajstić information content (AvgIpc) is 3.22. The number of amides is 1. The molecule has 3 heterocycles. The lowest BCUT2D eigenvalue weighted by molar-refractivity contribution is 0.0696. The standard InChI is InChI=1S/C18H17N3OS/c1-20-12-14(11-19-20)18(22)21-9-7-16-15(8-10-23-16)17(21)13-5-3-2-4-6-13/h2-6,8,10-12,17H,7,9H2,1H3. The highest BCUT2D eigenvalue weighted by Crippen LogP contribution is 2.38. The van der Waals surface area contributed by atoms with Crippen molar-refractivity contribution in [1.29, 1.82) is 0 Å². The maximum absolute atomic E-state index is 13.0. The summed E-state index contributed by atoms with van der Waals surface area (Å²) in [5.74, 6) is 0.0452. The topological polar surface area (TPSA) is 38.1 Å². The van der Waals surface area contributed by atoms with Crippen LogP contribution in [-0.2, 0) is 13.5 Å². The Labute approximate surface area is 139 Å². The molecule has 1 aliphatic heterocycles. The van der Waals surface area contributed by atoms with Crippen LogP contribution < -0.4 is 0 Å². The van der Waals surface area contributed by atoms with Gasteiger partial charge in [0.1, 0.15) is 0 Å². The quantitative estimate of drug-likeness (QED) is 0.726. The molecular formula is C18H17N3OS. The minimum absolute atomic E-state index is 0.0149. The van der Waals surface area contributed by atoms with Crippen LogP contribution in [0.3, 0.4) is 0 Å². The number of hydrogen-bond donors (Lipinski definition) is 0.